The number of hydrogen-bond donors (Lipinski definition) is 2. The highest BCUT2D eigenvalue weighted by molar-refractivity contribution is 5.85. The highest BCUT2D eigenvalue weighted by atomic mass is 35.5. The van der Waals surface area contributed by atoms with Crippen LogP contribution in [0.15, 0.2) is 0 Å². The van der Waals surface area contributed by atoms with E-state index >= 15 is 0 Å². The first-order valence-corrected chi connectivity index (χ1v) is 3.89. The van der Waals surface area contributed by atoms with Crippen LogP contribution in [0.4, 0.5) is 8.78 Å². The molecular formula is C7H14ClF2NO. The molecule has 0 aliphatic carbocycles. The van der Waals surface area contributed by atoms with Crippen molar-refractivity contribution in [3.05, 3.63) is 0 Å². The molecule has 0 aromatic heterocycles. The summed E-state index contributed by atoms with van der Waals surface area (Å²) < 4.78 is 25.5. The van der Waals surface area contributed by atoms with Crippen LogP contribution >= 0.6 is 12.4 Å². The summed E-state index contributed by atoms with van der Waals surface area (Å²) in [5.41, 5.74) is 0. The molecular weight excluding hydrogens is 188 g/mol. The van der Waals surface area contributed by atoms with Crippen molar-refractivity contribution in [3.63, 3.8) is 0 Å². The van der Waals surface area contributed by atoms with E-state index in [9.17, 15) is 8.78 Å². The number of rotatable bonds is 0. The number of aliphatic hydroxyl groups is 1. The third kappa shape index (κ3) is 3.21. The summed E-state index contributed by atoms with van der Waals surface area (Å²) in [6.45, 7) is 1.02. The molecule has 0 radical (unpaired) electrons. The molecule has 0 spiro atoms. The van der Waals surface area contributed by atoms with Crippen LogP contribution in [0.2, 0.25) is 0 Å². The van der Waals surface area contributed by atoms with Crippen molar-refractivity contribution in [1.29, 1.82) is 0 Å². The van der Waals surface area contributed by atoms with Gasteiger partial charge in [-0.3, -0.25) is 0 Å². The number of aliphatic hydroxyl groups excluding tert-OH is 1. The lowest BCUT2D eigenvalue weighted by molar-refractivity contribution is -0.118. The maximum Gasteiger partial charge on any atom is 0.274 e. The minimum absolute atomic E-state index is 0. The van der Waals surface area contributed by atoms with Crippen LogP contribution in [0.25, 0.3) is 0 Å². The number of alkyl halides is 2. The lowest BCUT2D eigenvalue weighted by Crippen LogP contribution is -2.39. The number of nitrogens with one attached hydrogen (secondary N) is 1. The van der Waals surface area contributed by atoms with Crippen LogP contribution in [0.3, 0.4) is 0 Å². The molecule has 12 heavy (non-hydrogen) atoms. The Morgan fingerprint density at radius 3 is 2.67 bits per heavy atom. The average Bonchev–Trinajstić information content (AvgIpc) is 1.93. The zero-order valence-electron chi connectivity index (χ0n) is 6.72. The van der Waals surface area contributed by atoms with E-state index in [-0.39, 0.29) is 25.2 Å². The molecule has 1 fully saturated rings. The average molecular weight is 202 g/mol. The van der Waals surface area contributed by atoms with Crippen molar-refractivity contribution >= 4 is 12.4 Å². The summed E-state index contributed by atoms with van der Waals surface area (Å²) in [6, 6.07) is 0. The SMILES string of the molecule is Cl.OC1CCCNCCC1(F)F. The van der Waals surface area contributed by atoms with Gasteiger partial charge in [-0.1, -0.05) is 0 Å². The molecule has 1 saturated heterocycles. The summed E-state index contributed by atoms with van der Waals surface area (Å²) in [4.78, 5) is 0. The molecule has 74 valence electrons. The maximum absolute atomic E-state index is 12.7. The van der Waals surface area contributed by atoms with Crippen LogP contribution in [0, 0.1) is 0 Å². The Balaban J connectivity index is 0.00000121. The Kier molecular flexibility index (Phi) is 4.97. The highest BCUT2D eigenvalue weighted by Gasteiger charge is 2.37. The van der Waals surface area contributed by atoms with Gasteiger partial charge in [-0.05, 0) is 19.4 Å². The van der Waals surface area contributed by atoms with Crippen LogP contribution < -0.4 is 5.32 Å². The Hall–Kier alpha value is 0.0700. The van der Waals surface area contributed by atoms with E-state index in [2.05, 4.69) is 5.32 Å². The van der Waals surface area contributed by atoms with Crippen LogP contribution in [-0.2, 0) is 0 Å². The Morgan fingerprint density at radius 2 is 2.00 bits per heavy atom. The van der Waals surface area contributed by atoms with E-state index < -0.39 is 12.0 Å². The molecule has 1 atom stereocenters. The predicted molar refractivity (Wildman–Crippen MR) is 44.9 cm³/mol. The van der Waals surface area contributed by atoms with Gasteiger partial charge in [-0.15, -0.1) is 12.4 Å². The smallest absolute Gasteiger partial charge is 0.274 e. The van der Waals surface area contributed by atoms with E-state index in [1.165, 1.54) is 0 Å². The summed E-state index contributed by atoms with van der Waals surface area (Å²) in [6.07, 6.45) is -0.880. The van der Waals surface area contributed by atoms with E-state index in [1.807, 2.05) is 0 Å². The lowest BCUT2D eigenvalue weighted by Gasteiger charge is -2.25. The number of halogens is 3. The van der Waals surface area contributed by atoms with Crippen molar-refractivity contribution in [2.45, 2.75) is 31.3 Å². The van der Waals surface area contributed by atoms with Crippen LogP contribution in [0.5, 0.6) is 0 Å². The molecule has 1 unspecified atom stereocenters. The third-order valence-corrected chi connectivity index (χ3v) is 1.95. The van der Waals surface area contributed by atoms with Gasteiger partial charge in [0.05, 0.1) is 0 Å². The lowest BCUT2D eigenvalue weighted by atomic mass is 10.0. The minimum atomic E-state index is -2.90. The Labute approximate surface area is 76.8 Å². The summed E-state index contributed by atoms with van der Waals surface area (Å²) >= 11 is 0. The third-order valence-electron chi connectivity index (χ3n) is 1.95. The topological polar surface area (TPSA) is 32.3 Å². The van der Waals surface area contributed by atoms with Crippen molar-refractivity contribution in [2.75, 3.05) is 13.1 Å². The van der Waals surface area contributed by atoms with Crippen LogP contribution in [0.1, 0.15) is 19.3 Å². The molecule has 2 nitrogen and oxygen atoms in total. The fraction of sp³-hybridized carbons (Fsp3) is 1.00. The van der Waals surface area contributed by atoms with Gasteiger partial charge in [0, 0.05) is 13.0 Å². The summed E-state index contributed by atoms with van der Waals surface area (Å²) in [5, 5.41) is 11.8. The van der Waals surface area contributed by atoms with E-state index in [1.54, 1.807) is 0 Å². The molecule has 2 N–H and O–H groups in total. The first-order valence-electron chi connectivity index (χ1n) is 3.89. The standard InChI is InChI=1S/C7H13F2NO.ClH/c8-7(9)3-5-10-4-1-2-6(7)11;/h6,10-11H,1-5H2;1H. The molecule has 5 heteroatoms. The molecule has 1 rings (SSSR count). The van der Waals surface area contributed by atoms with Gasteiger partial charge in [-0.25, -0.2) is 8.78 Å². The van der Waals surface area contributed by atoms with Gasteiger partial charge >= 0.3 is 0 Å². The second-order valence-corrected chi connectivity index (χ2v) is 2.92. The summed E-state index contributed by atoms with van der Waals surface area (Å²) in [5.74, 6) is -2.90. The van der Waals surface area contributed by atoms with Gasteiger partial charge in [0.25, 0.3) is 5.92 Å². The maximum atomic E-state index is 12.7. The van der Waals surface area contributed by atoms with Gasteiger partial charge in [-0.2, -0.15) is 0 Å². The van der Waals surface area contributed by atoms with Crippen molar-refractivity contribution in [3.8, 4) is 0 Å². The van der Waals surface area contributed by atoms with Crippen molar-refractivity contribution < 1.29 is 13.9 Å². The molecule has 1 heterocycles. The molecule has 0 aromatic rings. The Bertz CT molecular complexity index is 135. The van der Waals surface area contributed by atoms with Gasteiger partial charge < -0.3 is 10.4 Å². The Morgan fingerprint density at radius 1 is 1.33 bits per heavy atom. The van der Waals surface area contributed by atoms with E-state index in [0.717, 1.165) is 6.54 Å². The molecule has 1 aliphatic rings. The van der Waals surface area contributed by atoms with Gasteiger partial charge in [0.15, 0.2) is 0 Å². The largest absolute Gasteiger partial charge is 0.387 e. The van der Waals surface area contributed by atoms with Crippen LogP contribution in [-0.4, -0.2) is 30.2 Å². The zero-order chi connectivity index (χ0) is 8.32. The molecule has 0 amide bonds. The second-order valence-electron chi connectivity index (χ2n) is 2.92. The fourth-order valence-corrected chi connectivity index (χ4v) is 1.18. The highest BCUT2D eigenvalue weighted by Crippen LogP contribution is 2.26. The minimum Gasteiger partial charge on any atom is -0.387 e. The zero-order valence-corrected chi connectivity index (χ0v) is 7.54. The van der Waals surface area contributed by atoms with E-state index in [4.69, 9.17) is 5.11 Å². The predicted octanol–water partition coefficient (Wildman–Crippen LogP) is 1.18. The molecule has 0 bridgehead atoms. The van der Waals surface area contributed by atoms with Gasteiger partial charge in [0.2, 0.25) is 0 Å². The van der Waals surface area contributed by atoms with Crippen molar-refractivity contribution in [1.82, 2.24) is 5.32 Å². The molecule has 0 saturated carbocycles. The molecule has 0 aromatic carbocycles. The van der Waals surface area contributed by atoms with E-state index in [0.29, 0.717) is 13.0 Å². The number of hydrogen-bond acceptors (Lipinski definition) is 2. The first kappa shape index (κ1) is 12.1. The monoisotopic (exact) mass is 201 g/mol. The van der Waals surface area contributed by atoms with Crippen molar-refractivity contribution in [2.24, 2.45) is 0 Å². The quantitative estimate of drug-likeness (QED) is 0.617. The normalized spacial score (nSPS) is 29.8. The second kappa shape index (κ2) is 4.94. The first-order chi connectivity index (χ1) is 5.13. The van der Waals surface area contributed by atoms with Gasteiger partial charge in [0.1, 0.15) is 6.10 Å². The molecule has 1 aliphatic heterocycles. The fourth-order valence-electron chi connectivity index (χ4n) is 1.18. The summed E-state index contributed by atoms with van der Waals surface area (Å²) in [7, 11) is 0.